The van der Waals surface area contributed by atoms with Crippen LogP contribution in [0, 0.1) is 13.8 Å². The van der Waals surface area contributed by atoms with Crippen molar-refractivity contribution in [1.29, 1.82) is 0 Å². The van der Waals surface area contributed by atoms with Crippen molar-refractivity contribution in [3.8, 4) is 16.9 Å². The molecule has 7 nitrogen and oxygen atoms in total. The number of pyridine rings is 1. The molecule has 1 heterocycles. The zero-order chi connectivity index (χ0) is 27.7. The highest BCUT2D eigenvalue weighted by atomic mass is 32.2. The van der Waals surface area contributed by atoms with Crippen LogP contribution in [-0.4, -0.2) is 26.4 Å². The van der Waals surface area contributed by atoms with E-state index in [1.807, 2.05) is 43.3 Å². The van der Waals surface area contributed by atoms with Gasteiger partial charge in [0.05, 0.1) is 33.7 Å². The molecule has 4 aromatic carbocycles. The second-order valence-corrected chi connectivity index (χ2v) is 11.3. The van der Waals surface area contributed by atoms with E-state index in [2.05, 4.69) is 10.3 Å². The summed E-state index contributed by atoms with van der Waals surface area (Å²) in [6.07, 6.45) is 1.40. The van der Waals surface area contributed by atoms with Crippen molar-refractivity contribution >= 4 is 38.0 Å². The molecule has 0 saturated heterocycles. The number of primary amides is 1. The van der Waals surface area contributed by atoms with Gasteiger partial charge in [-0.05, 0) is 66.9 Å². The third-order valence-corrected chi connectivity index (χ3v) is 8.31. The van der Waals surface area contributed by atoms with Gasteiger partial charge in [0.2, 0.25) is 9.84 Å². The van der Waals surface area contributed by atoms with Gasteiger partial charge in [-0.15, -0.1) is 0 Å². The summed E-state index contributed by atoms with van der Waals surface area (Å²) >= 11 is 0. The minimum Gasteiger partial charge on any atom is -0.497 e. The molecule has 0 spiro atoms. The van der Waals surface area contributed by atoms with Gasteiger partial charge in [0.15, 0.2) is 0 Å². The summed E-state index contributed by atoms with van der Waals surface area (Å²) < 4.78 is 33.1. The van der Waals surface area contributed by atoms with Crippen molar-refractivity contribution in [2.45, 2.75) is 23.6 Å². The van der Waals surface area contributed by atoms with E-state index in [1.54, 1.807) is 56.5 Å². The van der Waals surface area contributed by atoms with Crippen LogP contribution in [0.2, 0.25) is 0 Å². The molecule has 0 bridgehead atoms. The predicted octanol–water partition coefficient (Wildman–Crippen LogP) is 6.20. The Morgan fingerprint density at radius 1 is 0.872 bits per heavy atom. The molecule has 0 aliphatic heterocycles. The molecule has 0 radical (unpaired) electrons. The summed E-state index contributed by atoms with van der Waals surface area (Å²) in [6.45, 7) is 3.79. The smallest absolute Gasteiger partial charge is 0.252 e. The summed E-state index contributed by atoms with van der Waals surface area (Å²) in [5, 5.41) is 3.70. The number of nitrogens with two attached hydrogens (primary N) is 1. The number of hydrogen-bond acceptors (Lipinski definition) is 6. The van der Waals surface area contributed by atoms with Gasteiger partial charge in [0.1, 0.15) is 5.75 Å². The molecule has 8 heteroatoms. The normalized spacial score (nSPS) is 11.4. The van der Waals surface area contributed by atoms with Gasteiger partial charge in [-0.2, -0.15) is 0 Å². The Kier molecular flexibility index (Phi) is 6.80. The fraction of sp³-hybridized carbons (Fsp3) is 0.0968. The molecule has 196 valence electrons. The fourth-order valence-corrected chi connectivity index (χ4v) is 5.91. The molecular weight excluding hydrogens is 510 g/mol. The van der Waals surface area contributed by atoms with E-state index < -0.39 is 15.7 Å². The van der Waals surface area contributed by atoms with Crippen molar-refractivity contribution in [3.05, 3.63) is 108 Å². The molecule has 0 aliphatic carbocycles. The van der Waals surface area contributed by atoms with Crippen molar-refractivity contribution in [3.63, 3.8) is 0 Å². The average Bonchev–Trinajstić information content (AvgIpc) is 2.93. The molecular formula is C31H27N3O4S. The van der Waals surface area contributed by atoms with Crippen LogP contribution in [0.25, 0.3) is 22.0 Å². The Morgan fingerprint density at radius 2 is 1.62 bits per heavy atom. The number of fused-ring (bicyclic) bond motifs is 1. The quantitative estimate of drug-likeness (QED) is 0.256. The molecule has 1 amide bonds. The maximum Gasteiger partial charge on any atom is 0.252 e. The van der Waals surface area contributed by atoms with Crippen LogP contribution in [0.4, 0.5) is 11.4 Å². The number of amides is 1. The highest BCUT2D eigenvalue weighted by molar-refractivity contribution is 7.91. The number of carbonyl (C=O) groups excluding carboxylic acids is 1. The molecule has 0 atom stereocenters. The van der Waals surface area contributed by atoms with E-state index in [0.29, 0.717) is 33.6 Å². The molecule has 39 heavy (non-hydrogen) atoms. The van der Waals surface area contributed by atoms with E-state index in [4.69, 9.17) is 10.5 Å². The van der Waals surface area contributed by atoms with Gasteiger partial charge in [0, 0.05) is 23.3 Å². The molecule has 3 N–H and O–H groups in total. The number of anilines is 2. The number of carbonyl (C=O) groups is 1. The predicted molar refractivity (Wildman–Crippen MR) is 153 cm³/mol. The number of ether oxygens (including phenoxy) is 1. The van der Waals surface area contributed by atoms with E-state index >= 15 is 0 Å². The van der Waals surface area contributed by atoms with Gasteiger partial charge in [0.25, 0.3) is 5.91 Å². The molecule has 1 aromatic heterocycles. The lowest BCUT2D eigenvalue weighted by molar-refractivity contribution is 0.100. The molecule has 5 rings (SSSR count). The average molecular weight is 538 g/mol. The first-order chi connectivity index (χ1) is 18.7. The summed E-state index contributed by atoms with van der Waals surface area (Å²) in [6, 6.07) is 25.1. The zero-order valence-corrected chi connectivity index (χ0v) is 22.5. The number of benzene rings is 4. The lowest BCUT2D eigenvalue weighted by Crippen LogP contribution is -2.14. The Morgan fingerprint density at radius 3 is 2.33 bits per heavy atom. The molecule has 0 unspecified atom stereocenters. The Balaban J connectivity index is 1.67. The first kappa shape index (κ1) is 25.9. The SMILES string of the molecule is COc1cccc(Nc2c(C(N)=O)cnc3c(C)cc(S(=O)(=O)c4cccc(-c5ccc(C)cc5)c4)cc23)c1. The first-order valence-corrected chi connectivity index (χ1v) is 13.7. The Bertz CT molecular complexity index is 1830. The van der Waals surface area contributed by atoms with Crippen molar-refractivity contribution in [2.75, 3.05) is 12.4 Å². The molecule has 0 aliphatic rings. The van der Waals surface area contributed by atoms with Crippen LogP contribution >= 0.6 is 0 Å². The first-order valence-electron chi connectivity index (χ1n) is 12.2. The Labute approximate surface area is 227 Å². The second-order valence-electron chi connectivity index (χ2n) is 9.30. The number of rotatable bonds is 7. The van der Waals surface area contributed by atoms with Crippen LogP contribution in [-0.2, 0) is 9.84 Å². The number of aryl methyl sites for hydroxylation is 2. The van der Waals surface area contributed by atoms with Crippen molar-refractivity contribution in [2.24, 2.45) is 5.73 Å². The number of methoxy groups -OCH3 is 1. The summed E-state index contributed by atoms with van der Waals surface area (Å²) in [4.78, 5) is 17.0. The van der Waals surface area contributed by atoms with Gasteiger partial charge in [-0.1, -0.05) is 48.0 Å². The highest BCUT2D eigenvalue weighted by Crippen LogP contribution is 2.35. The Hall–Kier alpha value is -4.69. The largest absolute Gasteiger partial charge is 0.497 e. The maximum atomic E-state index is 13.9. The van der Waals surface area contributed by atoms with E-state index in [-0.39, 0.29) is 15.4 Å². The van der Waals surface area contributed by atoms with Crippen LogP contribution in [0.1, 0.15) is 21.5 Å². The second kappa shape index (κ2) is 10.2. The summed E-state index contributed by atoms with van der Waals surface area (Å²) in [5.74, 6) is -0.0709. The summed E-state index contributed by atoms with van der Waals surface area (Å²) in [5.41, 5.74) is 10.9. The molecule has 0 saturated carbocycles. The van der Waals surface area contributed by atoms with Gasteiger partial charge in [-0.25, -0.2) is 8.42 Å². The molecule has 0 fully saturated rings. The number of nitrogens with one attached hydrogen (secondary N) is 1. The van der Waals surface area contributed by atoms with Crippen molar-refractivity contribution < 1.29 is 17.9 Å². The maximum absolute atomic E-state index is 13.9. The van der Waals surface area contributed by atoms with E-state index in [9.17, 15) is 13.2 Å². The van der Waals surface area contributed by atoms with Crippen LogP contribution < -0.4 is 15.8 Å². The number of hydrogen-bond donors (Lipinski definition) is 2. The highest BCUT2D eigenvalue weighted by Gasteiger charge is 2.23. The fourth-order valence-electron chi connectivity index (χ4n) is 4.49. The van der Waals surface area contributed by atoms with Crippen LogP contribution in [0.3, 0.4) is 0 Å². The van der Waals surface area contributed by atoms with Gasteiger partial charge < -0.3 is 15.8 Å². The third-order valence-electron chi connectivity index (χ3n) is 6.58. The van der Waals surface area contributed by atoms with Gasteiger partial charge in [-0.3, -0.25) is 9.78 Å². The standard InChI is InChI=1S/C31H27N3O4S/c1-19-10-12-21(13-11-19)22-6-4-9-25(15-22)39(36,37)26-14-20(2)29-27(17-26)30(28(18-33-29)31(32)35)34-23-7-5-8-24(16-23)38-3/h4-18H,1-3H3,(H2,32,35)(H,33,34). The topological polar surface area (TPSA) is 111 Å². The molecule has 5 aromatic rings. The number of nitrogens with zero attached hydrogens (tertiary/aromatic N) is 1. The van der Waals surface area contributed by atoms with Crippen LogP contribution in [0.15, 0.2) is 101 Å². The minimum absolute atomic E-state index is 0.0886. The monoisotopic (exact) mass is 537 g/mol. The van der Waals surface area contributed by atoms with E-state index in [1.165, 1.54) is 12.3 Å². The zero-order valence-electron chi connectivity index (χ0n) is 21.7. The number of sulfone groups is 1. The lowest BCUT2D eigenvalue weighted by atomic mass is 10.0. The van der Waals surface area contributed by atoms with Crippen molar-refractivity contribution in [1.82, 2.24) is 4.98 Å². The number of aromatic nitrogens is 1. The van der Waals surface area contributed by atoms with Gasteiger partial charge >= 0.3 is 0 Å². The van der Waals surface area contributed by atoms with E-state index in [0.717, 1.165) is 16.7 Å². The van der Waals surface area contributed by atoms with Crippen LogP contribution in [0.5, 0.6) is 5.75 Å². The summed E-state index contributed by atoms with van der Waals surface area (Å²) in [7, 11) is -2.36. The third kappa shape index (κ3) is 5.06. The lowest BCUT2D eigenvalue weighted by Gasteiger charge is -2.16. The minimum atomic E-state index is -3.92.